The van der Waals surface area contributed by atoms with Crippen molar-refractivity contribution in [2.45, 2.75) is 176 Å². The highest BCUT2D eigenvalue weighted by Gasteiger charge is 2.77. The highest BCUT2D eigenvalue weighted by Crippen LogP contribution is 2.76. The first-order valence-corrected chi connectivity index (χ1v) is 28.2. The van der Waals surface area contributed by atoms with Crippen LogP contribution in [0, 0.1) is 28.6 Å². The Morgan fingerprint density at radius 3 is 2.30 bits per heavy atom. The number of aryl methyl sites for hydroxylation is 1. The van der Waals surface area contributed by atoms with Crippen molar-refractivity contribution in [3.8, 4) is 11.5 Å². The lowest BCUT2D eigenvalue weighted by molar-refractivity contribution is -0.366. The third-order valence-electron chi connectivity index (χ3n) is 22.4. The summed E-state index contributed by atoms with van der Waals surface area (Å²) in [7, 11) is 0. The van der Waals surface area contributed by atoms with Crippen molar-refractivity contribution in [1.29, 1.82) is 0 Å². The van der Waals surface area contributed by atoms with E-state index < -0.39 is 69.7 Å². The van der Waals surface area contributed by atoms with Crippen molar-refractivity contribution in [1.82, 2.24) is 19.9 Å². The van der Waals surface area contributed by atoms with Crippen molar-refractivity contribution >= 4 is 33.7 Å². The second kappa shape index (κ2) is 15.1. The Morgan fingerprint density at radius 1 is 0.776 bits per heavy atom. The Balaban J connectivity index is 1.04. The van der Waals surface area contributed by atoms with Crippen LogP contribution in [0.4, 0.5) is 5.82 Å². The Hall–Kier alpha value is -5.68. The molecule has 12 aliphatic rings. The normalized spacial score (nSPS) is 36.6. The number of nitrogens with one attached hydrogen (secondary N) is 3. The zero-order valence-corrected chi connectivity index (χ0v) is 42.8. The number of imidazole rings is 1. The van der Waals surface area contributed by atoms with E-state index in [2.05, 4.69) is 26.3 Å². The first-order valence-electron chi connectivity index (χ1n) is 28.2. The molecule has 10 atom stereocenters. The summed E-state index contributed by atoms with van der Waals surface area (Å²) >= 11 is 0. The zero-order chi connectivity index (χ0) is 51.7. The Morgan fingerprint density at radius 2 is 1.54 bits per heavy atom. The molecule has 10 unspecified atom stereocenters. The van der Waals surface area contributed by atoms with Gasteiger partial charge in [-0.15, -0.1) is 0 Å². The topological polar surface area (TPSA) is 243 Å². The number of anilines is 1. The van der Waals surface area contributed by atoms with Gasteiger partial charge in [0.25, 0.3) is 5.79 Å². The SMILES string of the molecule is Cc1cc(O)c2c(c1)C(=O)c1c(c3cc4c(nccc14)NCC(O)C14CC5(CCCC5)CC1c1cc(C5(c6cnc[nH]6)CCCC5)[nH]c1C1=CC5(O3)OC3(C1=C4CC1(CCC4(CCCC4)C1)C3O)C(O)C(O)C5O)C2=O. The lowest BCUT2D eigenvalue weighted by Crippen LogP contribution is -2.79. The number of benzene rings is 2. The fourth-order valence-electron chi connectivity index (χ4n) is 19.2. The summed E-state index contributed by atoms with van der Waals surface area (Å²) in [5, 5.41) is 83.3. The van der Waals surface area contributed by atoms with E-state index in [1.54, 1.807) is 43.7 Å². The molecule has 7 heterocycles. The molecule has 17 rings (SSSR count). The van der Waals surface area contributed by atoms with Crippen molar-refractivity contribution in [2.75, 3.05) is 11.9 Å². The van der Waals surface area contributed by atoms with Gasteiger partial charge in [-0.05, 0) is 159 Å². The molecule has 1 saturated heterocycles. The monoisotopic (exact) mass is 1030 g/mol. The number of carbonyl (C=O) groups is 2. The first kappa shape index (κ1) is 46.4. The lowest BCUT2D eigenvalue weighted by atomic mass is 9.50. The van der Waals surface area contributed by atoms with Crippen LogP contribution < -0.4 is 10.1 Å². The van der Waals surface area contributed by atoms with E-state index in [1.165, 1.54) is 6.07 Å². The molecule has 2 aromatic carbocycles. The van der Waals surface area contributed by atoms with Crippen molar-refractivity contribution < 1.29 is 49.7 Å². The van der Waals surface area contributed by atoms with Gasteiger partial charge in [0.05, 0.1) is 35.1 Å². The number of ether oxygens (including phenoxy) is 2. The van der Waals surface area contributed by atoms with E-state index in [0.717, 1.165) is 112 Å². The van der Waals surface area contributed by atoms with E-state index in [1.807, 2.05) is 6.20 Å². The molecule has 6 spiro atoms. The molecule has 0 amide bonds. The van der Waals surface area contributed by atoms with Gasteiger partial charge in [0.15, 0.2) is 17.5 Å². The molecule has 6 fully saturated rings. The Kier molecular flexibility index (Phi) is 9.23. The molecule has 15 heteroatoms. The van der Waals surface area contributed by atoms with E-state index in [4.69, 9.17) is 14.5 Å². The van der Waals surface area contributed by atoms with Gasteiger partial charge in [0.1, 0.15) is 29.5 Å². The van der Waals surface area contributed by atoms with Gasteiger partial charge in [-0.2, -0.15) is 0 Å². The van der Waals surface area contributed by atoms with Crippen LogP contribution in [-0.4, -0.2) is 111 Å². The molecule has 5 aromatic rings. The van der Waals surface area contributed by atoms with Crippen LogP contribution in [0.1, 0.15) is 182 Å². The molecule has 15 nitrogen and oxygen atoms in total. The van der Waals surface area contributed by atoms with E-state index in [-0.39, 0.29) is 57.0 Å². The van der Waals surface area contributed by atoms with Gasteiger partial charge in [-0.25, -0.2) is 9.97 Å². The smallest absolute Gasteiger partial charge is 0.261 e. The van der Waals surface area contributed by atoms with Crippen LogP contribution in [0.3, 0.4) is 0 Å². The number of aliphatic hydroxyl groups is 5. The summed E-state index contributed by atoms with van der Waals surface area (Å²) in [5.41, 5.74) is 1.14. The van der Waals surface area contributed by atoms with Crippen LogP contribution in [0.5, 0.6) is 11.5 Å². The molecule has 5 saturated carbocycles. The number of phenolic OH excluding ortho intramolecular Hbond substituents is 1. The third-order valence-corrected chi connectivity index (χ3v) is 22.4. The van der Waals surface area contributed by atoms with E-state index in [9.17, 15) is 30.6 Å². The lowest BCUT2D eigenvalue weighted by Gasteiger charge is -2.64. The highest BCUT2D eigenvalue weighted by atomic mass is 16.7. The minimum Gasteiger partial charge on any atom is -0.507 e. The average Bonchev–Trinajstić information content (AvgIpc) is 4.42. The number of aromatic nitrogens is 4. The fourth-order valence-corrected chi connectivity index (χ4v) is 19.2. The van der Waals surface area contributed by atoms with Gasteiger partial charge in [0.2, 0.25) is 5.78 Å². The molecular weight excluding hydrogens is 963 g/mol. The summed E-state index contributed by atoms with van der Waals surface area (Å²) in [6.45, 7) is 1.76. The van der Waals surface area contributed by atoms with Gasteiger partial charge in [-0.1, -0.05) is 44.1 Å². The predicted molar refractivity (Wildman–Crippen MR) is 278 cm³/mol. The number of carbonyl (C=O) groups excluding carboxylic acids is 2. The largest absolute Gasteiger partial charge is 0.507 e. The van der Waals surface area contributed by atoms with E-state index in [0.29, 0.717) is 64.7 Å². The second-order valence-corrected chi connectivity index (χ2v) is 25.9. The molecule has 8 bridgehead atoms. The van der Waals surface area contributed by atoms with Crippen LogP contribution in [0.2, 0.25) is 0 Å². The van der Waals surface area contributed by atoms with Gasteiger partial charge < -0.3 is 55.4 Å². The number of nitrogens with zero attached hydrogens (tertiary/aromatic N) is 2. The van der Waals surface area contributed by atoms with Crippen LogP contribution in [0.25, 0.3) is 16.3 Å². The van der Waals surface area contributed by atoms with E-state index >= 15 is 9.59 Å². The number of aromatic amines is 2. The number of aliphatic hydroxyl groups excluding tert-OH is 5. The summed E-state index contributed by atoms with van der Waals surface area (Å²) in [6, 6.07) is 8.59. The maximum absolute atomic E-state index is 15.3. The molecule has 9 N–H and O–H groups in total. The second-order valence-electron chi connectivity index (χ2n) is 25.9. The molecule has 4 aliphatic heterocycles. The molecule has 3 aromatic heterocycles. The number of H-pyrrole nitrogens is 2. The van der Waals surface area contributed by atoms with Crippen molar-refractivity contribution in [3.63, 3.8) is 0 Å². The predicted octanol–water partition coefficient (Wildman–Crippen LogP) is 7.98. The highest BCUT2D eigenvalue weighted by molar-refractivity contribution is 6.34. The molecule has 394 valence electrons. The number of aromatic hydroxyl groups is 1. The Labute approximate surface area is 439 Å². The molecule has 8 aliphatic carbocycles. The number of hydrogen-bond donors (Lipinski definition) is 9. The summed E-state index contributed by atoms with van der Waals surface area (Å²) < 4.78 is 14.9. The van der Waals surface area contributed by atoms with Gasteiger partial charge >= 0.3 is 0 Å². The third kappa shape index (κ3) is 5.54. The van der Waals surface area contributed by atoms with Crippen LogP contribution in [-0.2, 0) is 10.2 Å². The van der Waals surface area contributed by atoms with Crippen molar-refractivity contribution in [2.24, 2.45) is 21.7 Å². The summed E-state index contributed by atoms with van der Waals surface area (Å²) in [4.78, 5) is 47.4. The van der Waals surface area contributed by atoms with Crippen molar-refractivity contribution in [3.05, 3.63) is 117 Å². The van der Waals surface area contributed by atoms with Crippen LogP contribution >= 0.6 is 0 Å². The fraction of sp³-hybridized carbons (Fsp3) is 0.541. The number of rotatable bonds is 2. The number of phenols is 1. The Bertz CT molecular complexity index is 3470. The van der Waals surface area contributed by atoms with Gasteiger partial charge in [-0.3, -0.25) is 9.59 Å². The first-order chi connectivity index (χ1) is 36.6. The zero-order valence-electron chi connectivity index (χ0n) is 42.8. The number of ketones is 2. The van der Waals surface area contributed by atoms with Gasteiger partial charge in [0, 0.05) is 68.9 Å². The minimum absolute atomic E-state index is 0.00535. The maximum Gasteiger partial charge on any atom is 0.261 e. The average molecular weight is 1030 g/mol. The summed E-state index contributed by atoms with van der Waals surface area (Å²) in [5.74, 6) is -4.20. The maximum atomic E-state index is 15.3. The number of hydrogen-bond acceptors (Lipinski definition) is 13. The molecule has 0 radical (unpaired) electrons. The summed E-state index contributed by atoms with van der Waals surface area (Å²) in [6.07, 6.45) is 14.5. The number of fused-ring (bicyclic) bond motifs is 7. The number of pyridine rings is 1. The standard InChI is InChI=1S/C61H65N5O10/c1-30-18-34-43(38(67)19-30)49(70)45-39-20-32-31(44(45)48(34)69)8-17-63-53(32)64-26-42(68)59-28-56(11-4-5-12-56)23-36(59)33-21-40(58(13-6-7-14-58)41-25-62-29-65-41)66-47(33)35-22-60(75-39)51(72)50(71)52(73)61(76-60)46(35)37(59)24-57(54(61)74)16-15-55(27-57)9-2-3-10-55/h8,17-22,25,29,36,42,50-52,54,66-68,71-74H,2-7,9-16,23-24,26-28H2,1H3,(H,62,65)(H,63,64). The quantitative estimate of drug-likeness (QED) is 0.0800. The molecular formula is C61H65N5O10. The van der Waals surface area contributed by atoms with Crippen LogP contribution in [0.15, 0.2) is 66.3 Å². The molecule has 76 heavy (non-hydrogen) atoms. The minimum atomic E-state index is -2.44.